The van der Waals surface area contributed by atoms with E-state index >= 15 is 0 Å². The van der Waals surface area contributed by atoms with Crippen LogP contribution < -0.4 is 4.74 Å². The molecule has 2 rings (SSSR count). The lowest BCUT2D eigenvalue weighted by Crippen LogP contribution is -2.05. The van der Waals surface area contributed by atoms with E-state index in [1.165, 1.54) is 0 Å². The minimum absolute atomic E-state index is 0.160. The summed E-state index contributed by atoms with van der Waals surface area (Å²) < 4.78 is 5.08. The summed E-state index contributed by atoms with van der Waals surface area (Å²) in [5.74, 6) is 0.405. The first-order chi connectivity index (χ1) is 7.25. The van der Waals surface area contributed by atoms with Gasteiger partial charge in [-0.1, -0.05) is 18.2 Å². The molecule has 2 aromatic rings. The Hall–Kier alpha value is -1.61. The van der Waals surface area contributed by atoms with E-state index in [-0.39, 0.29) is 6.61 Å². The van der Waals surface area contributed by atoms with Crippen LogP contribution in [0, 0.1) is 0 Å². The molecular formula is C11H8ClNO2. The van der Waals surface area contributed by atoms with Crippen molar-refractivity contribution in [1.82, 2.24) is 4.98 Å². The van der Waals surface area contributed by atoms with Gasteiger partial charge in [-0.2, -0.15) is 0 Å². The monoisotopic (exact) mass is 221 g/mol. The summed E-state index contributed by atoms with van der Waals surface area (Å²) in [6, 6.07) is 11.3. The molecule has 4 heteroatoms. The Balaban J connectivity index is 2.26. The lowest BCUT2D eigenvalue weighted by atomic mass is 10.2. The lowest BCUT2D eigenvalue weighted by molar-refractivity contribution is -0.113. The highest BCUT2D eigenvalue weighted by Crippen LogP contribution is 2.15. The number of carbonyl (C=O) groups is 1. The summed E-state index contributed by atoms with van der Waals surface area (Å²) in [7, 11) is 0. The predicted octanol–water partition coefficient (Wildman–Crippen LogP) is 2.38. The van der Waals surface area contributed by atoms with Crippen LogP contribution in [0.3, 0.4) is 0 Å². The molecule has 15 heavy (non-hydrogen) atoms. The maximum atomic E-state index is 10.5. The van der Waals surface area contributed by atoms with Crippen molar-refractivity contribution in [3.8, 4) is 5.88 Å². The first kappa shape index (κ1) is 9.93. The third-order valence-corrected chi connectivity index (χ3v) is 2.02. The lowest BCUT2D eigenvalue weighted by Gasteiger charge is -2.03. The molecule has 76 valence electrons. The zero-order valence-electron chi connectivity index (χ0n) is 7.81. The van der Waals surface area contributed by atoms with Gasteiger partial charge in [0.05, 0.1) is 5.52 Å². The predicted molar refractivity (Wildman–Crippen MR) is 58.1 cm³/mol. The van der Waals surface area contributed by atoms with Crippen molar-refractivity contribution < 1.29 is 9.53 Å². The fourth-order valence-corrected chi connectivity index (χ4v) is 1.31. The highest BCUT2D eigenvalue weighted by molar-refractivity contribution is 6.63. The second-order valence-electron chi connectivity index (χ2n) is 2.99. The molecule has 0 amide bonds. The average Bonchev–Trinajstić information content (AvgIpc) is 2.26. The summed E-state index contributed by atoms with van der Waals surface area (Å²) in [6.07, 6.45) is 0. The molecule has 0 aliphatic rings. The molecule has 1 heterocycles. The van der Waals surface area contributed by atoms with Crippen molar-refractivity contribution in [2.45, 2.75) is 0 Å². The van der Waals surface area contributed by atoms with Crippen molar-refractivity contribution in [2.75, 3.05) is 6.61 Å². The van der Waals surface area contributed by atoms with E-state index in [9.17, 15) is 4.79 Å². The summed E-state index contributed by atoms with van der Waals surface area (Å²) in [4.78, 5) is 14.7. The van der Waals surface area contributed by atoms with Gasteiger partial charge >= 0.3 is 0 Å². The zero-order chi connectivity index (χ0) is 10.7. The van der Waals surface area contributed by atoms with E-state index in [1.807, 2.05) is 30.3 Å². The zero-order valence-corrected chi connectivity index (χ0v) is 8.57. The summed E-state index contributed by atoms with van der Waals surface area (Å²) >= 11 is 5.15. The fourth-order valence-electron chi connectivity index (χ4n) is 1.26. The Bertz CT molecular complexity index is 499. The van der Waals surface area contributed by atoms with Crippen molar-refractivity contribution in [2.24, 2.45) is 0 Å². The standard InChI is InChI=1S/C11H8ClNO2/c12-10(14)7-15-11-6-5-8-3-1-2-4-9(8)13-11/h1-6H,7H2. The Kier molecular flexibility index (Phi) is 2.83. The molecule has 0 radical (unpaired) electrons. The maximum Gasteiger partial charge on any atom is 0.259 e. The second kappa shape index (κ2) is 4.28. The topological polar surface area (TPSA) is 39.2 Å². The highest BCUT2D eigenvalue weighted by Gasteiger charge is 2.00. The number of hydrogen-bond acceptors (Lipinski definition) is 3. The minimum Gasteiger partial charge on any atom is -0.468 e. The largest absolute Gasteiger partial charge is 0.468 e. The summed E-state index contributed by atoms with van der Waals surface area (Å²) in [5.41, 5.74) is 0.831. The molecule has 1 aromatic heterocycles. The van der Waals surface area contributed by atoms with Crippen LogP contribution in [0.4, 0.5) is 0 Å². The number of nitrogens with zero attached hydrogens (tertiary/aromatic N) is 1. The molecule has 0 aliphatic carbocycles. The average molecular weight is 222 g/mol. The highest BCUT2D eigenvalue weighted by atomic mass is 35.5. The molecule has 0 fully saturated rings. The SMILES string of the molecule is O=C(Cl)COc1ccc2ccccc2n1. The number of para-hydroxylation sites is 1. The van der Waals surface area contributed by atoms with Gasteiger partial charge < -0.3 is 4.74 Å². The van der Waals surface area contributed by atoms with Crippen LogP contribution in [0.15, 0.2) is 36.4 Å². The van der Waals surface area contributed by atoms with Gasteiger partial charge in [-0.15, -0.1) is 0 Å². The number of aromatic nitrogens is 1. The van der Waals surface area contributed by atoms with E-state index in [0.717, 1.165) is 10.9 Å². The molecule has 0 aliphatic heterocycles. The quantitative estimate of drug-likeness (QED) is 0.747. The number of pyridine rings is 1. The Morgan fingerprint density at radius 2 is 2.07 bits per heavy atom. The van der Waals surface area contributed by atoms with Crippen LogP contribution in [0.5, 0.6) is 5.88 Å². The van der Waals surface area contributed by atoms with Crippen molar-refractivity contribution in [3.05, 3.63) is 36.4 Å². The van der Waals surface area contributed by atoms with E-state index in [2.05, 4.69) is 4.98 Å². The molecule has 0 saturated carbocycles. The number of hydrogen-bond donors (Lipinski definition) is 0. The van der Waals surface area contributed by atoms with Gasteiger partial charge in [-0.3, -0.25) is 4.79 Å². The number of carbonyl (C=O) groups excluding carboxylic acids is 1. The number of rotatable bonds is 3. The summed E-state index contributed by atoms with van der Waals surface area (Å²) in [6.45, 7) is -0.160. The normalized spacial score (nSPS) is 10.2. The van der Waals surface area contributed by atoms with Gasteiger partial charge in [-0.05, 0) is 23.7 Å². The molecule has 0 spiro atoms. The van der Waals surface area contributed by atoms with Crippen LogP contribution in [-0.2, 0) is 4.79 Å². The van der Waals surface area contributed by atoms with E-state index in [0.29, 0.717) is 5.88 Å². The van der Waals surface area contributed by atoms with Crippen LogP contribution in [0.2, 0.25) is 0 Å². The van der Waals surface area contributed by atoms with Gasteiger partial charge in [-0.25, -0.2) is 4.98 Å². The van der Waals surface area contributed by atoms with Gasteiger partial charge in [0.25, 0.3) is 5.24 Å². The first-order valence-electron chi connectivity index (χ1n) is 4.42. The molecule has 0 unspecified atom stereocenters. The molecule has 0 atom stereocenters. The smallest absolute Gasteiger partial charge is 0.259 e. The molecule has 3 nitrogen and oxygen atoms in total. The number of benzene rings is 1. The van der Waals surface area contributed by atoms with Crippen LogP contribution in [-0.4, -0.2) is 16.8 Å². The third kappa shape index (κ3) is 2.44. The first-order valence-corrected chi connectivity index (χ1v) is 4.80. The van der Waals surface area contributed by atoms with Crippen LogP contribution >= 0.6 is 11.6 Å². The summed E-state index contributed by atoms with van der Waals surface area (Å²) in [5, 5.41) is 0.493. The molecule has 0 saturated heterocycles. The van der Waals surface area contributed by atoms with Crippen molar-refractivity contribution in [1.29, 1.82) is 0 Å². The molecule has 1 aromatic carbocycles. The minimum atomic E-state index is -0.537. The number of halogens is 1. The van der Waals surface area contributed by atoms with Gasteiger partial charge in [0.1, 0.15) is 0 Å². The molecule has 0 N–H and O–H groups in total. The maximum absolute atomic E-state index is 10.5. The molecule has 0 bridgehead atoms. The van der Waals surface area contributed by atoms with Crippen molar-refractivity contribution >= 4 is 27.7 Å². The van der Waals surface area contributed by atoms with E-state index < -0.39 is 5.24 Å². The third-order valence-electron chi connectivity index (χ3n) is 1.91. The van der Waals surface area contributed by atoms with Crippen molar-refractivity contribution in [3.63, 3.8) is 0 Å². The van der Waals surface area contributed by atoms with Gasteiger partial charge in [0, 0.05) is 11.5 Å². The number of fused-ring (bicyclic) bond motifs is 1. The van der Waals surface area contributed by atoms with Gasteiger partial charge in [0.2, 0.25) is 5.88 Å². The second-order valence-corrected chi connectivity index (χ2v) is 3.41. The van der Waals surface area contributed by atoms with E-state index in [1.54, 1.807) is 6.07 Å². The Morgan fingerprint density at radius 3 is 2.87 bits per heavy atom. The van der Waals surface area contributed by atoms with E-state index in [4.69, 9.17) is 16.3 Å². The van der Waals surface area contributed by atoms with Crippen LogP contribution in [0.1, 0.15) is 0 Å². The van der Waals surface area contributed by atoms with Crippen LogP contribution in [0.25, 0.3) is 10.9 Å². The molecular weight excluding hydrogens is 214 g/mol. The fraction of sp³-hybridized carbons (Fsp3) is 0.0909. The number of ether oxygens (including phenoxy) is 1. The Labute approximate surface area is 91.6 Å². The van der Waals surface area contributed by atoms with Gasteiger partial charge in [0.15, 0.2) is 6.61 Å². The Morgan fingerprint density at radius 1 is 1.27 bits per heavy atom.